The van der Waals surface area contributed by atoms with Gasteiger partial charge < -0.3 is 14.9 Å². The topological polar surface area (TPSA) is 70.0 Å². The quantitative estimate of drug-likeness (QED) is 0.435. The number of hydrogen-bond donors (Lipinski definition) is 2. The predicted molar refractivity (Wildman–Crippen MR) is 99.6 cm³/mol. The van der Waals surface area contributed by atoms with Crippen molar-refractivity contribution in [2.24, 2.45) is 0 Å². The van der Waals surface area contributed by atoms with Gasteiger partial charge in [0.05, 0.1) is 2.74 Å². The smallest absolute Gasteiger partial charge is 0.322 e. The summed E-state index contributed by atoms with van der Waals surface area (Å²) < 4.78 is 22.7. The van der Waals surface area contributed by atoms with Crippen molar-refractivity contribution in [3.8, 4) is 17.2 Å². The van der Waals surface area contributed by atoms with Gasteiger partial charge in [0, 0.05) is 52.1 Å². The number of rotatable bonds is 6. The molecule has 0 aliphatic carbocycles. The first-order chi connectivity index (χ1) is 11.3. The predicted octanol–water partition coefficient (Wildman–Crippen LogP) is 4.18. The molecule has 0 fully saturated rings. The molecule has 116 valence electrons. The summed E-state index contributed by atoms with van der Waals surface area (Å²) in [5.74, 6) is -0.451. The average molecular weight is 529 g/mol. The Hall–Kier alpha value is -1.07. The van der Waals surface area contributed by atoms with Crippen LogP contribution < -0.4 is 4.74 Å². The number of carboxylic acids is 1. The first-order valence-corrected chi connectivity index (χ1v) is 8.11. The van der Waals surface area contributed by atoms with Crippen LogP contribution in [0.4, 0.5) is 0 Å². The molecule has 0 spiro atoms. The third-order valence-electron chi connectivity index (χ3n) is 2.79. The van der Waals surface area contributed by atoms with Crippen LogP contribution in [0.15, 0.2) is 48.5 Å². The molecule has 0 unspecified atom stereocenters. The third kappa shape index (κ3) is 4.99. The van der Waals surface area contributed by atoms with Crippen LogP contribution in [-0.2, 0) is 11.2 Å². The molecular weight excluding hydrogens is 512 g/mol. The minimum absolute atomic E-state index is 0.0656. The molecule has 7 heteroatoms. The molecular formula is C15H13I2NO4. The monoisotopic (exact) mass is 529 g/mol. The Morgan fingerprint density at radius 2 is 1.91 bits per heavy atom. The highest BCUT2D eigenvalue weighted by atomic mass is 127. The fourth-order valence-electron chi connectivity index (χ4n) is 1.69. The molecule has 2 aromatic carbocycles. The fourth-order valence-corrected chi connectivity index (χ4v) is 2.56. The molecule has 0 bridgehead atoms. The molecule has 22 heavy (non-hydrogen) atoms. The van der Waals surface area contributed by atoms with E-state index >= 15 is 0 Å². The van der Waals surface area contributed by atoms with Crippen molar-refractivity contribution in [1.82, 2.24) is 1.33 Å². The molecule has 1 atom stereocenters. The lowest BCUT2D eigenvalue weighted by Crippen LogP contribution is -2.30. The summed E-state index contributed by atoms with van der Waals surface area (Å²) in [4.78, 5) is 11.2. The fraction of sp³-hybridized carbons (Fsp3) is 0.133. The number of benzene rings is 2. The second-order valence-electron chi connectivity index (χ2n) is 4.39. The Morgan fingerprint density at radius 3 is 2.50 bits per heavy atom. The Bertz CT molecular complexity index is 758. The van der Waals surface area contributed by atoms with E-state index in [1.807, 2.05) is 45.7 Å². The Balaban J connectivity index is 2.17. The Morgan fingerprint density at radius 1 is 1.18 bits per heavy atom. The maximum Gasteiger partial charge on any atom is 0.322 e. The highest BCUT2D eigenvalue weighted by Crippen LogP contribution is 2.25. The van der Waals surface area contributed by atoms with Gasteiger partial charge >= 0.3 is 5.97 Å². The van der Waals surface area contributed by atoms with E-state index in [9.17, 15) is 15.0 Å². The highest BCUT2D eigenvalue weighted by molar-refractivity contribution is 14.2. The van der Waals surface area contributed by atoms with Gasteiger partial charge in [0.2, 0.25) is 0 Å². The molecule has 2 rings (SSSR count). The van der Waals surface area contributed by atoms with E-state index < -0.39 is 12.0 Å². The summed E-state index contributed by atoms with van der Waals surface area (Å²) in [6.45, 7) is 0. The van der Waals surface area contributed by atoms with Crippen molar-refractivity contribution in [1.29, 1.82) is 0 Å². The highest BCUT2D eigenvalue weighted by Gasteiger charge is 2.22. The number of carbonyl (C=O) groups is 1. The van der Waals surface area contributed by atoms with Gasteiger partial charge in [-0.3, -0.25) is 4.79 Å². The summed E-state index contributed by atoms with van der Waals surface area (Å²) >= 11 is 3.82. The number of carboxylic acid groups (broad SMARTS) is 1. The van der Waals surface area contributed by atoms with Crippen molar-refractivity contribution in [2.45, 2.75) is 12.5 Å². The first kappa shape index (κ1) is 14.5. The first-order valence-electron chi connectivity index (χ1n) is 7.18. The molecule has 5 nitrogen and oxygen atoms in total. The number of nitrogens with zero attached hydrogens (tertiary/aromatic N) is 1. The van der Waals surface area contributed by atoms with E-state index in [1.165, 1.54) is 18.2 Å². The lowest BCUT2D eigenvalue weighted by atomic mass is 10.1. The van der Waals surface area contributed by atoms with E-state index in [0.29, 0.717) is 11.3 Å². The summed E-state index contributed by atoms with van der Waals surface area (Å²) in [5.41, 5.74) is 0.713. The van der Waals surface area contributed by atoms with Crippen molar-refractivity contribution in [2.75, 3.05) is 0 Å². The van der Waals surface area contributed by atoms with Gasteiger partial charge in [0.15, 0.2) is 0 Å². The Labute approximate surface area is 158 Å². The van der Waals surface area contributed by atoms with Gasteiger partial charge in [-0.2, -0.15) is 1.33 Å². The van der Waals surface area contributed by atoms with Gasteiger partial charge in [0.1, 0.15) is 23.3 Å². The van der Waals surface area contributed by atoms with Crippen LogP contribution in [0.5, 0.6) is 17.2 Å². The molecule has 0 aliphatic rings. The van der Waals surface area contributed by atoms with Gasteiger partial charge in [-0.25, -0.2) is 0 Å². The molecule has 0 saturated heterocycles. The third-order valence-corrected chi connectivity index (χ3v) is 4.14. The summed E-state index contributed by atoms with van der Waals surface area (Å²) in [6, 6.07) is 8.43. The largest absolute Gasteiger partial charge is 0.508 e. The van der Waals surface area contributed by atoms with Gasteiger partial charge in [-0.05, 0) is 41.9 Å². The minimum atomic E-state index is -0.933. The number of ether oxygens (including phenoxy) is 1. The Kier molecular flexibility index (Phi) is 5.26. The maximum absolute atomic E-state index is 11.2. The molecule has 0 heterocycles. The zero-order chi connectivity index (χ0) is 17.9. The number of phenols is 1. The average Bonchev–Trinajstić information content (AvgIpc) is 2.50. The number of phenolic OH excluding ortho intramolecular Hbond substituents is 1. The standard InChI is InChI=1S/C15H13I2NO4/c16-18(17)14(15(20)21)9-10-1-5-12(6-2-10)22-13-7-3-11(19)4-8-13/h1-8,14,19H,9H2,(H,20,21)/t14-/m0/s1/i3T,5T. The van der Waals surface area contributed by atoms with E-state index in [1.54, 1.807) is 19.5 Å². The molecule has 0 saturated carbocycles. The second kappa shape index (κ2) is 7.97. The molecule has 0 radical (unpaired) electrons. The van der Waals surface area contributed by atoms with Gasteiger partial charge in [-0.1, -0.05) is 12.1 Å². The van der Waals surface area contributed by atoms with E-state index in [4.69, 9.17) is 7.48 Å². The molecule has 2 N–H and O–H groups in total. The SMILES string of the molecule is [3H]c1cc(Oc2ccc(C[C@@H](C(=O)O)N(I)I)cc2[3H])ccc1O. The van der Waals surface area contributed by atoms with Crippen molar-refractivity contribution < 1.29 is 22.5 Å². The van der Waals surface area contributed by atoms with Crippen LogP contribution in [0.25, 0.3) is 0 Å². The lowest BCUT2D eigenvalue weighted by Gasteiger charge is -2.16. The van der Waals surface area contributed by atoms with Crippen LogP contribution in [-0.4, -0.2) is 23.6 Å². The number of hydrogen-bond acceptors (Lipinski definition) is 4. The van der Waals surface area contributed by atoms with Crippen LogP contribution in [0.3, 0.4) is 0 Å². The maximum atomic E-state index is 11.2. The number of aromatic hydroxyl groups is 1. The van der Waals surface area contributed by atoms with Crippen LogP contribution in [0.2, 0.25) is 0 Å². The van der Waals surface area contributed by atoms with Crippen LogP contribution in [0, 0.1) is 0 Å². The number of aliphatic carboxylic acids is 1. The molecule has 0 aliphatic heterocycles. The van der Waals surface area contributed by atoms with Gasteiger partial charge in [0.25, 0.3) is 0 Å². The molecule has 0 aromatic heterocycles. The normalized spacial score (nSPS) is 13.4. The molecule has 2 aromatic rings. The van der Waals surface area contributed by atoms with Crippen molar-refractivity contribution >= 4 is 51.7 Å². The van der Waals surface area contributed by atoms with Crippen molar-refractivity contribution in [3.05, 3.63) is 54.0 Å². The molecule has 0 amide bonds. The van der Waals surface area contributed by atoms with E-state index in [2.05, 4.69) is 0 Å². The van der Waals surface area contributed by atoms with E-state index in [-0.39, 0.29) is 30.0 Å². The van der Waals surface area contributed by atoms with E-state index in [0.717, 1.165) is 0 Å². The lowest BCUT2D eigenvalue weighted by molar-refractivity contribution is -0.139. The van der Waals surface area contributed by atoms with Crippen LogP contribution in [0.1, 0.15) is 8.30 Å². The zero-order valence-corrected chi connectivity index (χ0v) is 15.5. The minimum Gasteiger partial charge on any atom is -0.508 e. The van der Waals surface area contributed by atoms with Crippen molar-refractivity contribution in [3.63, 3.8) is 0 Å². The summed E-state index contributed by atoms with van der Waals surface area (Å²) in [6.07, 6.45) is 0.267. The second-order valence-corrected chi connectivity index (χ2v) is 8.32. The number of halogens is 2. The van der Waals surface area contributed by atoms with Crippen LogP contribution >= 0.6 is 45.7 Å². The summed E-state index contributed by atoms with van der Waals surface area (Å²) in [5, 5.41) is 18.6. The van der Waals surface area contributed by atoms with Gasteiger partial charge in [-0.15, -0.1) is 0 Å². The summed E-state index contributed by atoms with van der Waals surface area (Å²) in [7, 11) is 0. The zero-order valence-electron chi connectivity index (χ0n) is 13.2.